The van der Waals surface area contributed by atoms with E-state index in [9.17, 15) is 9.59 Å². The lowest BCUT2D eigenvalue weighted by Crippen LogP contribution is -2.41. The molecule has 0 aromatic carbocycles. The molecule has 0 fully saturated rings. The van der Waals surface area contributed by atoms with Gasteiger partial charge in [-0.15, -0.1) is 0 Å². The van der Waals surface area contributed by atoms with Gasteiger partial charge in [-0.2, -0.15) is 5.26 Å². The van der Waals surface area contributed by atoms with E-state index in [1.807, 2.05) is 26.8 Å². The lowest BCUT2D eigenvalue weighted by atomic mass is 10.1. The van der Waals surface area contributed by atoms with Crippen LogP contribution in [0.25, 0.3) is 0 Å². The molecule has 0 spiro atoms. The van der Waals surface area contributed by atoms with Gasteiger partial charge in [0.05, 0.1) is 0 Å². The standard InChI is InChI=1S/C12H20N4O2/c1-12(2,3)16-11(18)10(7-13)8-14-5-4-6-15-9-17/h8-9,14H,4-6H2,1-3H3,(H,15,17)(H,16,18)/b10-8-. The fraction of sp³-hybridized carbons (Fsp3) is 0.583. The summed E-state index contributed by atoms with van der Waals surface area (Å²) in [7, 11) is 0. The Balaban J connectivity index is 4.12. The minimum absolute atomic E-state index is 0.0354. The van der Waals surface area contributed by atoms with E-state index in [-0.39, 0.29) is 11.1 Å². The van der Waals surface area contributed by atoms with Gasteiger partial charge in [-0.05, 0) is 27.2 Å². The molecule has 0 saturated heterocycles. The van der Waals surface area contributed by atoms with Crippen LogP contribution in [0.3, 0.4) is 0 Å². The third-order valence-electron chi connectivity index (χ3n) is 1.83. The Bertz CT molecular complexity index is 350. The second kappa shape index (κ2) is 8.12. The van der Waals surface area contributed by atoms with E-state index in [1.54, 1.807) is 0 Å². The van der Waals surface area contributed by atoms with Crippen LogP contribution in [-0.2, 0) is 9.59 Å². The molecule has 2 amide bonds. The zero-order valence-electron chi connectivity index (χ0n) is 11.0. The van der Waals surface area contributed by atoms with Crippen molar-refractivity contribution in [2.45, 2.75) is 32.7 Å². The number of amides is 2. The predicted molar refractivity (Wildman–Crippen MR) is 68.3 cm³/mol. The van der Waals surface area contributed by atoms with Crippen LogP contribution in [0.4, 0.5) is 0 Å². The molecule has 100 valence electrons. The van der Waals surface area contributed by atoms with E-state index in [0.717, 1.165) is 6.42 Å². The van der Waals surface area contributed by atoms with Crippen molar-refractivity contribution >= 4 is 12.3 Å². The molecule has 0 aromatic heterocycles. The molecule has 0 rings (SSSR count). The van der Waals surface area contributed by atoms with Crippen molar-refractivity contribution in [1.29, 1.82) is 5.26 Å². The highest BCUT2D eigenvalue weighted by molar-refractivity contribution is 5.97. The van der Waals surface area contributed by atoms with Crippen LogP contribution in [0.2, 0.25) is 0 Å². The van der Waals surface area contributed by atoms with Crippen molar-refractivity contribution in [1.82, 2.24) is 16.0 Å². The van der Waals surface area contributed by atoms with Gasteiger partial charge in [-0.3, -0.25) is 9.59 Å². The number of nitrogens with zero attached hydrogens (tertiary/aromatic N) is 1. The molecule has 0 saturated carbocycles. The number of rotatable bonds is 7. The van der Waals surface area contributed by atoms with Gasteiger partial charge in [0.2, 0.25) is 6.41 Å². The number of hydrogen-bond acceptors (Lipinski definition) is 4. The molecule has 6 nitrogen and oxygen atoms in total. The van der Waals surface area contributed by atoms with Gasteiger partial charge in [-0.25, -0.2) is 0 Å². The summed E-state index contributed by atoms with van der Waals surface area (Å²) in [5, 5.41) is 16.9. The molecule has 0 aliphatic heterocycles. The normalized spacial score (nSPS) is 11.3. The minimum atomic E-state index is -0.400. The molecule has 0 aromatic rings. The zero-order valence-corrected chi connectivity index (χ0v) is 11.0. The molecular weight excluding hydrogens is 232 g/mol. The highest BCUT2D eigenvalue weighted by Gasteiger charge is 2.16. The number of nitrogens with one attached hydrogen (secondary N) is 3. The van der Waals surface area contributed by atoms with Crippen molar-refractivity contribution in [2.24, 2.45) is 0 Å². The first-order valence-corrected chi connectivity index (χ1v) is 5.74. The number of nitriles is 1. The summed E-state index contributed by atoms with van der Waals surface area (Å²) in [4.78, 5) is 21.6. The monoisotopic (exact) mass is 252 g/mol. The largest absolute Gasteiger partial charge is 0.390 e. The van der Waals surface area contributed by atoms with Gasteiger partial charge >= 0.3 is 0 Å². The quantitative estimate of drug-likeness (QED) is 0.258. The molecule has 18 heavy (non-hydrogen) atoms. The Morgan fingerprint density at radius 1 is 1.28 bits per heavy atom. The van der Waals surface area contributed by atoms with Crippen molar-refractivity contribution in [3.8, 4) is 6.07 Å². The first-order valence-electron chi connectivity index (χ1n) is 5.74. The van der Waals surface area contributed by atoms with Crippen LogP contribution < -0.4 is 16.0 Å². The SMILES string of the molecule is CC(C)(C)NC(=O)/C(C#N)=C\NCCCNC=O. The summed E-state index contributed by atoms with van der Waals surface area (Å²) < 4.78 is 0. The summed E-state index contributed by atoms with van der Waals surface area (Å²) in [5.41, 5.74) is -0.339. The second-order valence-electron chi connectivity index (χ2n) is 4.75. The first kappa shape index (κ1) is 16.0. The summed E-state index contributed by atoms with van der Waals surface area (Å²) >= 11 is 0. The highest BCUT2D eigenvalue weighted by Crippen LogP contribution is 2.01. The summed E-state index contributed by atoms with van der Waals surface area (Å²) in [6.45, 7) is 6.67. The van der Waals surface area contributed by atoms with Crippen LogP contribution in [0, 0.1) is 11.3 Å². The number of carbonyl (C=O) groups is 2. The maximum atomic E-state index is 11.7. The summed E-state index contributed by atoms with van der Waals surface area (Å²) in [6, 6.07) is 1.84. The van der Waals surface area contributed by atoms with Crippen molar-refractivity contribution in [3.05, 3.63) is 11.8 Å². The Kier molecular flexibility index (Phi) is 7.20. The molecule has 0 unspecified atom stereocenters. The lowest BCUT2D eigenvalue weighted by Gasteiger charge is -2.20. The fourth-order valence-electron chi connectivity index (χ4n) is 1.08. The molecule has 0 radical (unpaired) electrons. The average molecular weight is 252 g/mol. The van der Waals surface area contributed by atoms with E-state index in [2.05, 4.69) is 16.0 Å². The molecule has 0 atom stereocenters. The van der Waals surface area contributed by atoms with Crippen molar-refractivity contribution in [3.63, 3.8) is 0 Å². The molecule has 0 aliphatic carbocycles. The molecule has 0 bridgehead atoms. The molecule has 0 aliphatic rings. The van der Waals surface area contributed by atoms with Gasteiger partial charge in [0.25, 0.3) is 5.91 Å². The van der Waals surface area contributed by atoms with Crippen molar-refractivity contribution in [2.75, 3.05) is 13.1 Å². The molecular formula is C12H20N4O2. The predicted octanol–water partition coefficient (Wildman–Crippen LogP) is 0.0343. The molecule has 3 N–H and O–H groups in total. The van der Waals surface area contributed by atoms with E-state index >= 15 is 0 Å². The van der Waals surface area contributed by atoms with E-state index in [0.29, 0.717) is 19.5 Å². The Morgan fingerprint density at radius 2 is 1.89 bits per heavy atom. The van der Waals surface area contributed by atoms with Gasteiger partial charge < -0.3 is 16.0 Å². The smallest absolute Gasteiger partial charge is 0.263 e. The molecule has 6 heteroatoms. The van der Waals surface area contributed by atoms with Crippen molar-refractivity contribution < 1.29 is 9.59 Å². The Morgan fingerprint density at radius 3 is 2.39 bits per heavy atom. The van der Waals surface area contributed by atoms with E-state index in [4.69, 9.17) is 5.26 Å². The topological polar surface area (TPSA) is 94.0 Å². The van der Waals surface area contributed by atoms with Gasteiger partial charge in [0, 0.05) is 24.8 Å². The van der Waals surface area contributed by atoms with Crippen LogP contribution in [-0.4, -0.2) is 30.9 Å². The third kappa shape index (κ3) is 8.16. The highest BCUT2D eigenvalue weighted by atomic mass is 16.2. The van der Waals surface area contributed by atoms with Crippen LogP contribution >= 0.6 is 0 Å². The van der Waals surface area contributed by atoms with E-state index < -0.39 is 5.91 Å². The summed E-state index contributed by atoms with van der Waals surface area (Å²) in [5.74, 6) is -0.400. The molecule has 0 heterocycles. The van der Waals surface area contributed by atoms with Gasteiger partial charge in [-0.1, -0.05) is 0 Å². The Hall–Kier alpha value is -2.03. The maximum Gasteiger partial charge on any atom is 0.263 e. The van der Waals surface area contributed by atoms with Gasteiger partial charge in [0.1, 0.15) is 11.6 Å². The average Bonchev–Trinajstić information content (AvgIpc) is 2.25. The van der Waals surface area contributed by atoms with Crippen LogP contribution in [0.5, 0.6) is 0 Å². The Labute approximate surface area is 107 Å². The second-order valence-corrected chi connectivity index (χ2v) is 4.75. The zero-order chi connectivity index (χ0) is 14.0. The third-order valence-corrected chi connectivity index (χ3v) is 1.83. The van der Waals surface area contributed by atoms with E-state index in [1.165, 1.54) is 6.20 Å². The summed E-state index contributed by atoms with van der Waals surface area (Å²) in [6.07, 6.45) is 2.74. The maximum absolute atomic E-state index is 11.7. The first-order chi connectivity index (χ1) is 8.40. The fourth-order valence-corrected chi connectivity index (χ4v) is 1.08. The lowest BCUT2D eigenvalue weighted by molar-refractivity contribution is -0.118. The van der Waals surface area contributed by atoms with Crippen LogP contribution in [0.1, 0.15) is 27.2 Å². The minimum Gasteiger partial charge on any atom is -0.390 e. The van der Waals surface area contributed by atoms with Crippen LogP contribution in [0.15, 0.2) is 11.8 Å². The number of hydrogen-bond donors (Lipinski definition) is 3. The number of carbonyl (C=O) groups excluding carboxylic acids is 2. The van der Waals surface area contributed by atoms with Gasteiger partial charge in [0.15, 0.2) is 0 Å².